The van der Waals surface area contributed by atoms with Crippen molar-refractivity contribution in [3.63, 3.8) is 0 Å². The van der Waals surface area contributed by atoms with Gasteiger partial charge in [-0.25, -0.2) is 0 Å². The van der Waals surface area contributed by atoms with Crippen LogP contribution in [0.5, 0.6) is 0 Å². The molecule has 0 heterocycles. The van der Waals surface area contributed by atoms with E-state index in [0.717, 1.165) is 6.54 Å². The quantitative estimate of drug-likeness (QED) is 0.460. The highest BCUT2D eigenvalue weighted by molar-refractivity contribution is 7.60. The van der Waals surface area contributed by atoms with Crippen molar-refractivity contribution in [3.8, 4) is 0 Å². The molecule has 0 radical (unpaired) electrons. The minimum atomic E-state index is -2.61. The van der Waals surface area contributed by atoms with Crippen molar-refractivity contribution in [2.24, 2.45) is 5.73 Å². The number of rotatable bonds is 0. The van der Waals surface area contributed by atoms with Crippen LogP contribution in [0, 0.1) is 4.78 Å². The Balaban J connectivity index is 0. The van der Waals surface area contributed by atoms with Crippen LogP contribution in [0.2, 0.25) is 0 Å². The summed E-state index contributed by atoms with van der Waals surface area (Å²) in [6.45, 7) is 2.65. The van der Waals surface area contributed by atoms with Crippen molar-refractivity contribution in [3.05, 3.63) is 0 Å². The maximum absolute atomic E-state index is 8.67. The van der Waals surface area contributed by atoms with Crippen molar-refractivity contribution < 1.29 is 8.42 Å². The van der Waals surface area contributed by atoms with Crippen molar-refractivity contribution in [1.29, 1.82) is 4.78 Å². The molecule has 5 heteroatoms. The zero-order valence-corrected chi connectivity index (χ0v) is 4.83. The van der Waals surface area contributed by atoms with E-state index in [-0.39, 0.29) is 0 Å². The van der Waals surface area contributed by atoms with Gasteiger partial charge in [0.05, 0.1) is 0 Å². The fourth-order valence-corrected chi connectivity index (χ4v) is 0. The molecule has 0 aromatic rings. The lowest BCUT2D eigenvalue weighted by Gasteiger charge is -1.53. The molecule has 0 amide bonds. The summed E-state index contributed by atoms with van der Waals surface area (Å²) in [5.41, 5.74) is 4.85. The molecule has 3 N–H and O–H groups in total. The molecule has 0 bridgehead atoms. The molecule has 4 nitrogen and oxygen atoms in total. The van der Waals surface area contributed by atoms with Crippen LogP contribution in [0.3, 0.4) is 0 Å². The van der Waals surface area contributed by atoms with E-state index in [2.05, 4.69) is 0 Å². The zero-order valence-electron chi connectivity index (χ0n) is 4.01. The van der Waals surface area contributed by atoms with E-state index in [1.807, 2.05) is 6.92 Å². The fraction of sp³-hybridized carbons (Fsp3) is 1.00. The molecule has 7 heavy (non-hydrogen) atoms. The molecule has 0 saturated heterocycles. The maximum Gasteiger partial charge on any atom is 0.308 e. The topological polar surface area (TPSA) is 84.0 Å². The summed E-state index contributed by atoms with van der Waals surface area (Å²) < 4.78 is 22.8. The Hall–Kier alpha value is -0.420. The number of nitrogens with one attached hydrogen (secondary N) is 1. The molecule has 0 saturated carbocycles. The third-order valence-electron chi connectivity index (χ3n) is 0. The number of hydrogen-bond acceptors (Lipinski definition) is 4. The first-order valence-corrected chi connectivity index (χ1v) is 2.73. The van der Waals surface area contributed by atoms with Gasteiger partial charge in [0.25, 0.3) is 0 Å². The Kier molecular flexibility index (Phi) is 12.7. The first-order chi connectivity index (χ1) is 3.15. The van der Waals surface area contributed by atoms with Gasteiger partial charge in [-0.3, -0.25) is 0 Å². The standard InChI is InChI=1S/C2H7N.HNO2S/c1-2-3;1-4(2)3/h2-3H2,1H3;1H. The van der Waals surface area contributed by atoms with E-state index in [9.17, 15) is 0 Å². The Bertz CT molecular complexity index is 93.9. The molecular weight excluding hydrogens is 116 g/mol. The van der Waals surface area contributed by atoms with Gasteiger partial charge in [-0.1, -0.05) is 6.92 Å². The van der Waals surface area contributed by atoms with Crippen molar-refractivity contribution >= 4 is 10.5 Å². The van der Waals surface area contributed by atoms with E-state index in [1.165, 1.54) is 0 Å². The van der Waals surface area contributed by atoms with Gasteiger partial charge in [-0.05, 0) is 6.54 Å². The lowest BCUT2D eigenvalue weighted by Crippen LogP contribution is -1.87. The predicted molar refractivity (Wildman–Crippen MR) is 26.4 cm³/mol. The van der Waals surface area contributed by atoms with Gasteiger partial charge in [-0.2, -0.15) is 13.2 Å². The van der Waals surface area contributed by atoms with E-state index in [1.54, 1.807) is 0 Å². The van der Waals surface area contributed by atoms with Gasteiger partial charge in [-0.15, -0.1) is 0 Å². The first-order valence-electron chi connectivity index (χ1n) is 1.65. The van der Waals surface area contributed by atoms with Crippen molar-refractivity contribution in [2.75, 3.05) is 6.54 Å². The second kappa shape index (κ2) is 9.13. The van der Waals surface area contributed by atoms with Crippen LogP contribution in [-0.4, -0.2) is 15.0 Å². The third kappa shape index (κ3) is 405. The van der Waals surface area contributed by atoms with Gasteiger partial charge >= 0.3 is 10.5 Å². The highest BCUT2D eigenvalue weighted by Crippen LogP contribution is 1.20. The molecule has 0 atom stereocenters. The van der Waals surface area contributed by atoms with E-state index < -0.39 is 10.5 Å². The third-order valence-corrected chi connectivity index (χ3v) is 0. The molecule has 0 aliphatic carbocycles. The minimum Gasteiger partial charge on any atom is -0.331 e. The highest BCUT2D eigenvalue weighted by Gasteiger charge is 1.32. The van der Waals surface area contributed by atoms with E-state index >= 15 is 0 Å². The van der Waals surface area contributed by atoms with E-state index in [0.29, 0.717) is 0 Å². The van der Waals surface area contributed by atoms with Crippen LogP contribution in [-0.2, 0) is 10.5 Å². The molecule has 0 unspecified atom stereocenters. The summed E-state index contributed by atoms with van der Waals surface area (Å²) in [7, 11) is -2.61. The smallest absolute Gasteiger partial charge is 0.308 e. The summed E-state index contributed by atoms with van der Waals surface area (Å²) in [6, 6.07) is 0. The van der Waals surface area contributed by atoms with Gasteiger partial charge < -0.3 is 5.73 Å². The number of hydrogen-bond donors (Lipinski definition) is 2. The Morgan fingerprint density at radius 1 is 1.71 bits per heavy atom. The van der Waals surface area contributed by atoms with Crippen LogP contribution in [0.15, 0.2) is 0 Å². The van der Waals surface area contributed by atoms with Gasteiger partial charge in [0.1, 0.15) is 0 Å². The fourth-order valence-electron chi connectivity index (χ4n) is 0. The van der Waals surface area contributed by atoms with Crippen LogP contribution < -0.4 is 5.73 Å². The van der Waals surface area contributed by atoms with Crippen LogP contribution in [0.1, 0.15) is 6.92 Å². The second-order valence-electron chi connectivity index (χ2n) is 0.643. The largest absolute Gasteiger partial charge is 0.331 e. The zero-order chi connectivity index (χ0) is 6.28. The Morgan fingerprint density at radius 2 is 1.71 bits per heavy atom. The number of nitrogens with two attached hydrogens (primary N) is 1. The molecule has 0 fully saturated rings. The lowest BCUT2D eigenvalue weighted by molar-refractivity contribution is 0.620. The second-order valence-corrected chi connectivity index (χ2v) is 1.11. The monoisotopic (exact) mass is 124 g/mol. The van der Waals surface area contributed by atoms with Crippen LogP contribution >= 0.6 is 0 Å². The maximum atomic E-state index is 8.67. The SMILES string of the molecule is CCN.N=S(=O)=O. The highest BCUT2D eigenvalue weighted by atomic mass is 32.2. The molecule has 0 spiro atoms. The summed E-state index contributed by atoms with van der Waals surface area (Å²) in [6.07, 6.45) is 0. The molecular formula is C2H8N2O2S. The van der Waals surface area contributed by atoms with Crippen molar-refractivity contribution in [1.82, 2.24) is 0 Å². The van der Waals surface area contributed by atoms with Gasteiger partial charge in [0.15, 0.2) is 0 Å². The summed E-state index contributed by atoms with van der Waals surface area (Å²) >= 11 is 0. The minimum absolute atomic E-state index is 0.750. The first kappa shape index (κ1) is 9.77. The van der Waals surface area contributed by atoms with Crippen molar-refractivity contribution in [2.45, 2.75) is 6.92 Å². The summed E-state index contributed by atoms with van der Waals surface area (Å²) in [4.78, 5) is 0. The average molecular weight is 124 g/mol. The molecule has 0 rings (SSSR count). The van der Waals surface area contributed by atoms with E-state index in [4.69, 9.17) is 18.9 Å². The van der Waals surface area contributed by atoms with Gasteiger partial charge in [0.2, 0.25) is 0 Å². The summed E-state index contributed by atoms with van der Waals surface area (Å²) in [5.74, 6) is 0. The molecule has 0 aromatic carbocycles. The van der Waals surface area contributed by atoms with Crippen LogP contribution in [0.4, 0.5) is 0 Å². The Morgan fingerprint density at radius 3 is 1.71 bits per heavy atom. The average Bonchev–Trinajstić information content (AvgIpc) is 1.33. The molecule has 0 aliphatic heterocycles. The lowest BCUT2D eigenvalue weighted by atomic mass is 10.8. The van der Waals surface area contributed by atoms with Crippen LogP contribution in [0.25, 0.3) is 0 Å². The molecule has 0 aromatic heterocycles. The Labute approximate surface area is 43.8 Å². The molecule has 44 valence electrons. The molecule has 0 aliphatic rings. The normalized spacial score (nSPS) is 6.00. The van der Waals surface area contributed by atoms with Gasteiger partial charge in [0, 0.05) is 0 Å². The summed E-state index contributed by atoms with van der Waals surface area (Å²) in [5, 5.41) is 0. The predicted octanol–water partition coefficient (Wildman–Crippen LogP) is -0.407.